The van der Waals surface area contributed by atoms with E-state index in [1.165, 1.54) is 6.42 Å². The van der Waals surface area contributed by atoms with Gasteiger partial charge < -0.3 is 10.4 Å². The van der Waals surface area contributed by atoms with Crippen LogP contribution in [-0.2, 0) is 10.0 Å². The number of nitrogens with one attached hydrogen (secondary N) is 2. The third kappa shape index (κ3) is 5.79. The minimum Gasteiger partial charge on any atom is -0.389 e. The van der Waals surface area contributed by atoms with Crippen LogP contribution >= 0.6 is 0 Å². The molecule has 0 aromatic heterocycles. The smallest absolute Gasteiger partial charge is 0.208 e. The van der Waals surface area contributed by atoms with Crippen molar-refractivity contribution in [1.29, 1.82) is 0 Å². The summed E-state index contributed by atoms with van der Waals surface area (Å²) in [5.41, 5.74) is -0.580. The van der Waals surface area contributed by atoms with Crippen molar-refractivity contribution >= 4 is 10.0 Å². The molecule has 5 nitrogen and oxygen atoms in total. The Morgan fingerprint density at radius 1 is 1.19 bits per heavy atom. The van der Waals surface area contributed by atoms with Crippen molar-refractivity contribution in [3.8, 4) is 0 Å². The van der Waals surface area contributed by atoms with Gasteiger partial charge in [-0.1, -0.05) is 19.3 Å². The van der Waals surface area contributed by atoms with Crippen LogP contribution in [0.4, 0.5) is 0 Å². The first kappa shape index (κ1) is 13.9. The van der Waals surface area contributed by atoms with Crippen molar-refractivity contribution in [3.05, 3.63) is 0 Å². The molecule has 0 saturated heterocycles. The SMILES string of the molecule is CS(=O)(=O)NCCNCC1(O)CCCCC1. The van der Waals surface area contributed by atoms with E-state index in [2.05, 4.69) is 10.0 Å². The van der Waals surface area contributed by atoms with Crippen molar-refractivity contribution in [3.63, 3.8) is 0 Å². The van der Waals surface area contributed by atoms with Crippen molar-refractivity contribution in [2.24, 2.45) is 0 Å². The summed E-state index contributed by atoms with van der Waals surface area (Å²) in [6, 6.07) is 0. The summed E-state index contributed by atoms with van der Waals surface area (Å²) in [6.45, 7) is 1.47. The molecule has 1 aliphatic carbocycles. The Morgan fingerprint density at radius 3 is 2.38 bits per heavy atom. The fraction of sp³-hybridized carbons (Fsp3) is 1.00. The van der Waals surface area contributed by atoms with Crippen molar-refractivity contribution in [2.45, 2.75) is 37.7 Å². The van der Waals surface area contributed by atoms with Crippen LogP contribution in [0.5, 0.6) is 0 Å². The summed E-state index contributed by atoms with van der Waals surface area (Å²) < 4.78 is 23.9. The summed E-state index contributed by atoms with van der Waals surface area (Å²) >= 11 is 0. The van der Waals surface area contributed by atoms with E-state index in [1.807, 2.05) is 0 Å². The molecule has 1 saturated carbocycles. The van der Waals surface area contributed by atoms with Crippen LogP contribution in [0, 0.1) is 0 Å². The average Bonchev–Trinajstić information content (AvgIpc) is 2.16. The summed E-state index contributed by atoms with van der Waals surface area (Å²) in [7, 11) is -3.10. The molecule has 1 rings (SSSR count). The highest BCUT2D eigenvalue weighted by Crippen LogP contribution is 2.26. The standard InChI is InChI=1S/C10H22N2O3S/c1-16(14,15)12-8-7-11-9-10(13)5-3-2-4-6-10/h11-13H,2-9H2,1H3. The van der Waals surface area contributed by atoms with Gasteiger partial charge in [0.2, 0.25) is 10.0 Å². The van der Waals surface area contributed by atoms with E-state index in [1.54, 1.807) is 0 Å². The minimum absolute atomic E-state index is 0.370. The molecule has 0 radical (unpaired) electrons. The Bertz CT molecular complexity index is 297. The Labute approximate surface area is 97.7 Å². The zero-order chi connectivity index (χ0) is 12.1. The van der Waals surface area contributed by atoms with E-state index in [4.69, 9.17) is 0 Å². The third-order valence-corrected chi connectivity index (χ3v) is 3.63. The van der Waals surface area contributed by atoms with Crippen molar-refractivity contribution in [2.75, 3.05) is 25.9 Å². The van der Waals surface area contributed by atoms with Crippen LogP contribution in [-0.4, -0.2) is 45.0 Å². The summed E-state index contributed by atoms with van der Waals surface area (Å²) in [4.78, 5) is 0. The second kappa shape index (κ2) is 5.95. The third-order valence-electron chi connectivity index (χ3n) is 2.90. The van der Waals surface area contributed by atoms with Crippen molar-refractivity contribution in [1.82, 2.24) is 10.0 Å². The fourth-order valence-electron chi connectivity index (χ4n) is 2.03. The molecule has 16 heavy (non-hydrogen) atoms. The maximum Gasteiger partial charge on any atom is 0.208 e. The van der Waals surface area contributed by atoms with Crippen LogP contribution in [0.1, 0.15) is 32.1 Å². The van der Waals surface area contributed by atoms with Crippen molar-refractivity contribution < 1.29 is 13.5 Å². The summed E-state index contributed by atoms with van der Waals surface area (Å²) in [6.07, 6.45) is 6.21. The van der Waals surface area contributed by atoms with Gasteiger partial charge in [-0.25, -0.2) is 13.1 Å². The molecule has 96 valence electrons. The molecular weight excluding hydrogens is 228 g/mol. The maximum absolute atomic E-state index is 10.8. The molecule has 0 unspecified atom stereocenters. The molecule has 1 aliphatic rings. The average molecular weight is 250 g/mol. The number of aliphatic hydroxyl groups is 1. The molecule has 6 heteroatoms. The Balaban J connectivity index is 2.10. The fourth-order valence-corrected chi connectivity index (χ4v) is 2.51. The van der Waals surface area contributed by atoms with Crippen LogP contribution in [0.25, 0.3) is 0 Å². The molecule has 3 N–H and O–H groups in total. The first-order chi connectivity index (χ1) is 7.41. The minimum atomic E-state index is -3.10. The van der Waals surface area contributed by atoms with Gasteiger partial charge in [-0.3, -0.25) is 0 Å². The Hall–Kier alpha value is -0.170. The summed E-state index contributed by atoms with van der Waals surface area (Å²) in [5.74, 6) is 0. The van der Waals surface area contributed by atoms with Gasteiger partial charge in [-0.2, -0.15) is 0 Å². The molecule has 0 aliphatic heterocycles. The quantitative estimate of drug-likeness (QED) is 0.572. The van der Waals surface area contributed by atoms with Gasteiger partial charge in [-0.05, 0) is 12.8 Å². The van der Waals surface area contributed by atoms with E-state index in [0.717, 1.165) is 31.9 Å². The van der Waals surface area contributed by atoms with Crippen LogP contribution in [0.2, 0.25) is 0 Å². The van der Waals surface area contributed by atoms with Gasteiger partial charge in [0.05, 0.1) is 11.9 Å². The normalized spacial score (nSPS) is 20.9. The summed E-state index contributed by atoms with van der Waals surface area (Å²) in [5, 5.41) is 13.2. The van der Waals surface area contributed by atoms with E-state index < -0.39 is 15.6 Å². The van der Waals surface area contributed by atoms with Gasteiger partial charge in [0, 0.05) is 19.6 Å². The Morgan fingerprint density at radius 2 is 1.81 bits per heavy atom. The van der Waals surface area contributed by atoms with E-state index in [0.29, 0.717) is 19.6 Å². The molecule has 0 atom stereocenters. The van der Waals surface area contributed by atoms with Gasteiger partial charge in [0.1, 0.15) is 0 Å². The number of hydrogen-bond donors (Lipinski definition) is 3. The topological polar surface area (TPSA) is 78.4 Å². The number of rotatable bonds is 6. The molecule has 0 heterocycles. The largest absolute Gasteiger partial charge is 0.389 e. The van der Waals surface area contributed by atoms with E-state index in [-0.39, 0.29) is 0 Å². The van der Waals surface area contributed by atoms with Crippen LogP contribution in [0.3, 0.4) is 0 Å². The van der Waals surface area contributed by atoms with Gasteiger partial charge in [0.25, 0.3) is 0 Å². The monoisotopic (exact) mass is 250 g/mol. The lowest BCUT2D eigenvalue weighted by Gasteiger charge is -2.32. The molecule has 0 aromatic rings. The van der Waals surface area contributed by atoms with Crippen LogP contribution < -0.4 is 10.0 Å². The lowest BCUT2D eigenvalue weighted by atomic mass is 9.85. The van der Waals surface area contributed by atoms with Gasteiger partial charge in [0.15, 0.2) is 0 Å². The lowest BCUT2D eigenvalue weighted by Crippen LogP contribution is -2.44. The molecular formula is C10H22N2O3S. The highest BCUT2D eigenvalue weighted by molar-refractivity contribution is 7.88. The zero-order valence-corrected chi connectivity index (χ0v) is 10.6. The lowest BCUT2D eigenvalue weighted by molar-refractivity contribution is 0.00526. The van der Waals surface area contributed by atoms with E-state index in [9.17, 15) is 13.5 Å². The highest BCUT2D eigenvalue weighted by atomic mass is 32.2. The molecule has 0 amide bonds. The molecule has 0 aromatic carbocycles. The number of sulfonamides is 1. The predicted molar refractivity (Wildman–Crippen MR) is 63.8 cm³/mol. The molecule has 0 spiro atoms. The van der Waals surface area contributed by atoms with Crippen LogP contribution in [0.15, 0.2) is 0 Å². The second-order valence-electron chi connectivity index (χ2n) is 4.63. The first-order valence-electron chi connectivity index (χ1n) is 5.79. The first-order valence-corrected chi connectivity index (χ1v) is 7.68. The van der Waals surface area contributed by atoms with Gasteiger partial charge in [-0.15, -0.1) is 0 Å². The van der Waals surface area contributed by atoms with E-state index >= 15 is 0 Å². The number of hydrogen-bond acceptors (Lipinski definition) is 4. The maximum atomic E-state index is 10.8. The van der Waals surface area contributed by atoms with Gasteiger partial charge >= 0.3 is 0 Å². The zero-order valence-electron chi connectivity index (χ0n) is 9.83. The highest BCUT2D eigenvalue weighted by Gasteiger charge is 2.28. The predicted octanol–water partition coefficient (Wildman–Crippen LogP) is -0.180. The molecule has 1 fully saturated rings. The molecule has 0 bridgehead atoms. The second-order valence-corrected chi connectivity index (χ2v) is 6.46. The Kier molecular flexibility index (Phi) is 5.17.